The van der Waals surface area contributed by atoms with Crippen LogP contribution in [-0.2, 0) is 0 Å². The molecule has 4 heteroatoms. The van der Waals surface area contributed by atoms with Gasteiger partial charge in [-0.2, -0.15) is 0 Å². The maximum Gasteiger partial charge on any atom is 0.131 e. The lowest BCUT2D eigenvalue weighted by Crippen LogP contribution is -2.38. The molecule has 1 aromatic carbocycles. The Labute approximate surface area is 106 Å². The average Bonchev–Trinajstić information content (AvgIpc) is 2.28. The second-order valence-corrected chi connectivity index (χ2v) is 5.17. The largest absolute Gasteiger partial charge is 0.388 e. The molecule has 0 spiro atoms. The lowest BCUT2D eigenvalue weighted by molar-refractivity contribution is 0.130. The minimum Gasteiger partial charge on any atom is -0.388 e. The fraction of sp³-hybridized carbons (Fsp3) is 0.571. The summed E-state index contributed by atoms with van der Waals surface area (Å²) in [6.45, 7) is 3.06. The predicted octanol–water partition coefficient (Wildman–Crippen LogP) is 2.78. The van der Waals surface area contributed by atoms with E-state index in [4.69, 9.17) is 0 Å². The van der Waals surface area contributed by atoms with Crippen LogP contribution in [-0.4, -0.2) is 17.7 Å². The van der Waals surface area contributed by atoms with Gasteiger partial charge >= 0.3 is 0 Å². The van der Waals surface area contributed by atoms with Gasteiger partial charge in [-0.05, 0) is 43.9 Å². The molecule has 1 heterocycles. The summed E-state index contributed by atoms with van der Waals surface area (Å²) in [4.78, 5) is 0. The van der Waals surface area contributed by atoms with E-state index in [1.807, 2.05) is 0 Å². The van der Waals surface area contributed by atoms with Gasteiger partial charge in [-0.15, -0.1) is 0 Å². The van der Waals surface area contributed by atoms with Crippen LogP contribution in [0.3, 0.4) is 0 Å². The van der Waals surface area contributed by atoms with Crippen molar-refractivity contribution < 1.29 is 13.9 Å². The number of piperidine rings is 1. The number of hydrogen-bond acceptors (Lipinski definition) is 2. The van der Waals surface area contributed by atoms with Crippen molar-refractivity contribution in [3.63, 3.8) is 0 Å². The Balaban J connectivity index is 2.05. The highest BCUT2D eigenvalue weighted by Crippen LogP contribution is 2.27. The van der Waals surface area contributed by atoms with E-state index in [9.17, 15) is 13.9 Å². The molecule has 1 aromatic rings. The van der Waals surface area contributed by atoms with Gasteiger partial charge in [0.25, 0.3) is 0 Å². The zero-order valence-corrected chi connectivity index (χ0v) is 10.5. The normalized spacial score (nSPS) is 26.0. The molecule has 0 radical (unpaired) electrons. The molecule has 1 aliphatic heterocycles. The van der Waals surface area contributed by atoms with Gasteiger partial charge in [-0.1, -0.05) is 13.0 Å². The van der Waals surface area contributed by atoms with E-state index in [1.165, 1.54) is 18.2 Å². The first-order valence-electron chi connectivity index (χ1n) is 6.43. The number of aliphatic hydroxyl groups excluding tert-OH is 1. The molecular weight excluding hydrogens is 236 g/mol. The summed E-state index contributed by atoms with van der Waals surface area (Å²) in [6.07, 6.45) is 1.31. The molecule has 2 N–H and O–H groups in total. The lowest BCUT2D eigenvalue weighted by Gasteiger charge is -2.29. The molecule has 3 atom stereocenters. The Hall–Kier alpha value is -1.00. The van der Waals surface area contributed by atoms with E-state index in [-0.39, 0.29) is 11.6 Å². The van der Waals surface area contributed by atoms with Gasteiger partial charge in [-0.3, -0.25) is 0 Å². The molecule has 0 saturated carbocycles. The third kappa shape index (κ3) is 3.06. The van der Waals surface area contributed by atoms with Gasteiger partial charge in [-0.25, -0.2) is 8.78 Å². The maximum absolute atomic E-state index is 13.5. The molecule has 100 valence electrons. The Morgan fingerprint density at radius 2 is 2.06 bits per heavy atom. The van der Waals surface area contributed by atoms with E-state index in [1.54, 1.807) is 0 Å². The summed E-state index contributed by atoms with van der Waals surface area (Å²) in [5.41, 5.74) is -0.211. The predicted molar refractivity (Wildman–Crippen MR) is 66.1 cm³/mol. The minimum absolute atomic E-state index is 0.128. The summed E-state index contributed by atoms with van der Waals surface area (Å²) in [5, 5.41) is 13.3. The van der Waals surface area contributed by atoms with Crippen LogP contribution in [0.1, 0.15) is 37.9 Å². The highest BCUT2D eigenvalue weighted by molar-refractivity contribution is 5.22. The van der Waals surface area contributed by atoms with Crippen molar-refractivity contribution in [3.05, 3.63) is 35.4 Å². The fourth-order valence-electron chi connectivity index (χ4n) is 2.62. The first-order valence-corrected chi connectivity index (χ1v) is 6.43. The molecular formula is C14H19F2NO. The second kappa shape index (κ2) is 5.76. The average molecular weight is 255 g/mol. The number of hydrogen-bond donors (Lipinski definition) is 2. The number of rotatable bonds is 3. The molecule has 1 saturated heterocycles. The van der Waals surface area contributed by atoms with E-state index in [2.05, 4.69) is 12.2 Å². The van der Waals surface area contributed by atoms with Gasteiger partial charge < -0.3 is 10.4 Å². The molecule has 0 bridgehead atoms. The third-order valence-electron chi connectivity index (χ3n) is 3.60. The molecule has 1 aliphatic rings. The van der Waals surface area contributed by atoms with E-state index < -0.39 is 17.7 Å². The van der Waals surface area contributed by atoms with Crippen molar-refractivity contribution >= 4 is 0 Å². The number of benzene rings is 1. The zero-order valence-electron chi connectivity index (χ0n) is 10.5. The van der Waals surface area contributed by atoms with E-state index in [0.29, 0.717) is 12.3 Å². The van der Waals surface area contributed by atoms with Crippen LogP contribution < -0.4 is 5.32 Å². The maximum atomic E-state index is 13.5. The number of aliphatic hydroxyl groups is 1. The monoisotopic (exact) mass is 255 g/mol. The molecule has 0 aliphatic carbocycles. The standard InChI is InChI=1S/C14H19F2NO/c1-9-5-6-17-10(7-9)8-13(18)14-11(15)3-2-4-12(14)16/h2-4,9-10,13,17-18H,5-8H2,1H3. The van der Waals surface area contributed by atoms with Crippen molar-refractivity contribution in [2.45, 2.75) is 38.3 Å². The van der Waals surface area contributed by atoms with Crippen molar-refractivity contribution in [3.8, 4) is 0 Å². The van der Waals surface area contributed by atoms with Crippen LogP contribution >= 0.6 is 0 Å². The van der Waals surface area contributed by atoms with Crippen molar-refractivity contribution in [1.82, 2.24) is 5.32 Å². The van der Waals surface area contributed by atoms with Crippen LogP contribution in [0.5, 0.6) is 0 Å². The van der Waals surface area contributed by atoms with Crippen LogP contribution in [0.25, 0.3) is 0 Å². The van der Waals surface area contributed by atoms with Crippen LogP contribution in [0, 0.1) is 17.6 Å². The van der Waals surface area contributed by atoms with E-state index >= 15 is 0 Å². The summed E-state index contributed by atoms with van der Waals surface area (Å²) in [6, 6.07) is 3.79. The van der Waals surface area contributed by atoms with Gasteiger partial charge in [0.15, 0.2) is 0 Å². The first kappa shape index (κ1) is 13.4. The molecule has 2 nitrogen and oxygen atoms in total. The molecule has 0 amide bonds. The topological polar surface area (TPSA) is 32.3 Å². The van der Waals surface area contributed by atoms with Crippen LogP contribution in [0.15, 0.2) is 18.2 Å². The minimum atomic E-state index is -1.09. The smallest absolute Gasteiger partial charge is 0.131 e. The SMILES string of the molecule is CC1CCNC(CC(O)c2c(F)cccc2F)C1. The third-order valence-corrected chi connectivity index (χ3v) is 3.60. The zero-order chi connectivity index (χ0) is 13.1. The van der Waals surface area contributed by atoms with Crippen molar-refractivity contribution in [2.24, 2.45) is 5.92 Å². The molecule has 18 heavy (non-hydrogen) atoms. The van der Waals surface area contributed by atoms with Gasteiger partial charge in [0, 0.05) is 6.04 Å². The summed E-state index contributed by atoms with van der Waals surface area (Å²) < 4.78 is 27.0. The van der Waals surface area contributed by atoms with Gasteiger partial charge in [0.05, 0.1) is 11.7 Å². The van der Waals surface area contributed by atoms with E-state index in [0.717, 1.165) is 19.4 Å². The summed E-state index contributed by atoms with van der Waals surface area (Å²) >= 11 is 0. The van der Waals surface area contributed by atoms with Crippen molar-refractivity contribution in [2.75, 3.05) is 6.54 Å². The Morgan fingerprint density at radius 3 is 2.67 bits per heavy atom. The quantitative estimate of drug-likeness (QED) is 0.870. The number of halogens is 2. The molecule has 3 unspecified atom stereocenters. The van der Waals surface area contributed by atoms with Crippen LogP contribution in [0.4, 0.5) is 8.78 Å². The van der Waals surface area contributed by atoms with Crippen LogP contribution in [0.2, 0.25) is 0 Å². The molecule has 0 aromatic heterocycles. The fourth-order valence-corrected chi connectivity index (χ4v) is 2.62. The highest BCUT2D eigenvalue weighted by atomic mass is 19.1. The molecule has 2 rings (SSSR count). The van der Waals surface area contributed by atoms with Gasteiger partial charge in [0.2, 0.25) is 0 Å². The molecule has 1 fully saturated rings. The summed E-state index contributed by atoms with van der Waals surface area (Å²) in [5.74, 6) is -0.758. The van der Waals surface area contributed by atoms with Gasteiger partial charge in [0.1, 0.15) is 11.6 Å². The lowest BCUT2D eigenvalue weighted by atomic mass is 9.89. The first-order chi connectivity index (χ1) is 8.58. The second-order valence-electron chi connectivity index (χ2n) is 5.17. The Morgan fingerprint density at radius 1 is 1.39 bits per heavy atom. The summed E-state index contributed by atoms with van der Waals surface area (Å²) in [7, 11) is 0. The van der Waals surface area contributed by atoms with Crippen molar-refractivity contribution in [1.29, 1.82) is 0 Å². The highest BCUT2D eigenvalue weighted by Gasteiger charge is 2.24. The number of nitrogens with one attached hydrogen (secondary N) is 1. The Bertz CT molecular complexity index is 391. The Kier molecular flexibility index (Phi) is 4.30.